The van der Waals surface area contributed by atoms with Gasteiger partial charge in [0, 0.05) is 19.2 Å². The van der Waals surface area contributed by atoms with Gasteiger partial charge in [-0.1, -0.05) is 0 Å². The molecule has 1 unspecified atom stereocenters. The van der Waals surface area contributed by atoms with E-state index in [0.717, 1.165) is 12.8 Å². The molecule has 1 saturated heterocycles. The maximum Gasteiger partial charge on any atom is 0.274 e. The van der Waals surface area contributed by atoms with Gasteiger partial charge in [0.2, 0.25) is 0 Å². The fourth-order valence-electron chi connectivity index (χ4n) is 1.74. The minimum Gasteiger partial charge on any atom is -0.336 e. The predicted molar refractivity (Wildman–Crippen MR) is 59.6 cm³/mol. The maximum absolute atomic E-state index is 11.9. The molecule has 0 aromatic carbocycles. The maximum atomic E-state index is 11.9. The highest BCUT2D eigenvalue weighted by molar-refractivity contribution is 6.21. The number of carbonyl (C=O) groups excluding carboxylic acids is 1. The van der Waals surface area contributed by atoms with E-state index in [-0.39, 0.29) is 22.5 Å². The zero-order valence-corrected chi connectivity index (χ0v) is 9.41. The van der Waals surface area contributed by atoms with E-state index in [0.29, 0.717) is 13.1 Å². The van der Waals surface area contributed by atoms with E-state index in [1.54, 1.807) is 4.90 Å². The lowest BCUT2D eigenvalue weighted by Gasteiger charge is -2.29. The summed E-state index contributed by atoms with van der Waals surface area (Å²) < 4.78 is 0. The van der Waals surface area contributed by atoms with Gasteiger partial charge >= 0.3 is 0 Å². The molecule has 1 aromatic heterocycles. The Hall–Kier alpha value is -1.36. The molecule has 0 radical (unpaired) electrons. The van der Waals surface area contributed by atoms with Gasteiger partial charge in [0.05, 0.1) is 5.38 Å². The average Bonchev–Trinajstić information content (AvgIpc) is 2.29. The number of nitrogens with one attached hydrogen (secondary N) is 1. The number of rotatable bonds is 1. The van der Waals surface area contributed by atoms with Crippen LogP contribution >= 0.6 is 11.6 Å². The number of nitrogens with zero attached hydrogens (tertiary/aromatic N) is 2. The van der Waals surface area contributed by atoms with Crippen LogP contribution in [0.1, 0.15) is 23.3 Å². The van der Waals surface area contributed by atoms with Gasteiger partial charge in [0.15, 0.2) is 0 Å². The Balaban J connectivity index is 2.12. The minimum atomic E-state index is -0.314. The first-order valence-corrected chi connectivity index (χ1v) is 5.59. The van der Waals surface area contributed by atoms with Crippen molar-refractivity contribution in [2.75, 3.05) is 13.1 Å². The van der Waals surface area contributed by atoms with Crippen LogP contribution in [0.3, 0.4) is 0 Å². The van der Waals surface area contributed by atoms with E-state index in [4.69, 9.17) is 11.6 Å². The predicted octanol–water partition coefficient (Wildman–Crippen LogP) is 0.613. The lowest BCUT2D eigenvalue weighted by Crippen LogP contribution is -2.41. The van der Waals surface area contributed by atoms with Crippen LogP contribution in [-0.4, -0.2) is 39.5 Å². The summed E-state index contributed by atoms with van der Waals surface area (Å²) in [6, 6.07) is 2.72. The SMILES string of the molecule is O=C(c1ccc(=O)[nH]n1)N1CCCC(Cl)C1. The summed E-state index contributed by atoms with van der Waals surface area (Å²) in [5.74, 6) is -0.179. The molecular formula is C10H12ClN3O2. The molecule has 5 nitrogen and oxygen atoms in total. The van der Waals surface area contributed by atoms with E-state index < -0.39 is 0 Å². The van der Waals surface area contributed by atoms with Gasteiger partial charge in [-0.2, -0.15) is 5.10 Å². The first-order valence-electron chi connectivity index (χ1n) is 5.16. The second-order valence-corrected chi connectivity index (χ2v) is 4.41. The van der Waals surface area contributed by atoms with Crippen molar-refractivity contribution in [2.24, 2.45) is 0 Å². The van der Waals surface area contributed by atoms with Crippen molar-refractivity contribution in [1.29, 1.82) is 0 Å². The third kappa shape index (κ3) is 2.41. The Labute approximate surface area is 97.4 Å². The molecule has 86 valence electrons. The highest BCUT2D eigenvalue weighted by atomic mass is 35.5. The third-order valence-corrected chi connectivity index (χ3v) is 2.91. The number of aromatic nitrogens is 2. The first-order chi connectivity index (χ1) is 7.66. The van der Waals surface area contributed by atoms with Gasteiger partial charge in [-0.05, 0) is 18.9 Å². The number of hydrogen-bond donors (Lipinski definition) is 1. The quantitative estimate of drug-likeness (QED) is 0.733. The van der Waals surface area contributed by atoms with Crippen molar-refractivity contribution in [3.05, 3.63) is 28.2 Å². The molecular weight excluding hydrogens is 230 g/mol. The van der Waals surface area contributed by atoms with Gasteiger partial charge in [-0.15, -0.1) is 11.6 Å². The molecule has 0 bridgehead atoms. The summed E-state index contributed by atoms with van der Waals surface area (Å²) in [4.78, 5) is 24.4. The number of H-pyrrole nitrogens is 1. The summed E-state index contributed by atoms with van der Waals surface area (Å²) in [6.45, 7) is 1.24. The summed E-state index contributed by atoms with van der Waals surface area (Å²) in [6.07, 6.45) is 1.84. The van der Waals surface area contributed by atoms with Crippen LogP contribution in [-0.2, 0) is 0 Å². The molecule has 2 heterocycles. The van der Waals surface area contributed by atoms with Gasteiger partial charge in [-0.3, -0.25) is 9.59 Å². The van der Waals surface area contributed by atoms with E-state index >= 15 is 0 Å². The molecule has 1 amide bonds. The molecule has 1 aliphatic rings. The average molecular weight is 242 g/mol. The van der Waals surface area contributed by atoms with Gasteiger partial charge in [0.25, 0.3) is 11.5 Å². The van der Waals surface area contributed by atoms with Crippen LogP contribution in [0.4, 0.5) is 0 Å². The van der Waals surface area contributed by atoms with Crippen molar-refractivity contribution in [3.63, 3.8) is 0 Å². The molecule has 0 spiro atoms. The van der Waals surface area contributed by atoms with E-state index in [1.807, 2.05) is 0 Å². The van der Waals surface area contributed by atoms with Crippen LogP contribution in [0, 0.1) is 0 Å². The zero-order chi connectivity index (χ0) is 11.5. The molecule has 0 saturated carbocycles. The standard InChI is InChI=1S/C10H12ClN3O2/c11-7-2-1-5-14(6-7)10(16)8-3-4-9(15)13-12-8/h3-4,7H,1-2,5-6H2,(H,13,15). The molecule has 1 atom stereocenters. The Morgan fingerprint density at radius 3 is 3.00 bits per heavy atom. The minimum absolute atomic E-state index is 0.0143. The lowest BCUT2D eigenvalue weighted by atomic mass is 10.1. The van der Waals surface area contributed by atoms with E-state index in [1.165, 1.54) is 12.1 Å². The highest BCUT2D eigenvalue weighted by Crippen LogP contribution is 2.16. The Bertz CT molecular complexity index is 425. The normalized spacial score (nSPS) is 20.8. The summed E-state index contributed by atoms with van der Waals surface area (Å²) in [5.41, 5.74) is -0.0595. The third-order valence-electron chi connectivity index (χ3n) is 2.55. The summed E-state index contributed by atoms with van der Waals surface area (Å²) >= 11 is 6.00. The van der Waals surface area contributed by atoms with Crippen LogP contribution in [0.5, 0.6) is 0 Å². The second-order valence-electron chi connectivity index (χ2n) is 3.80. The van der Waals surface area contributed by atoms with Crippen molar-refractivity contribution in [3.8, 4) is 0 Å². The fourth-order valence-corrected chi connectivity index (χ4v) is 2.06. The number of halogens is 1. The Morgan fingerprint density at radius 2 is 2.38 bits per heavy atom. The van der Waals surface area contributed by atoms with Crippen molar-refractivity contribution >= 4 is 17.5 Å². The van der Waals surface area contributed by atoms with Gasteiger partial charge in [-0.25, -0.2) is 5.10 Å². The van der Waals surface area contributed by atoms with Gasteiger partial charge < -0.3 is 4.90 Å². The Morgan fingerprint density at radius 1 is 1.56 bits per heavy atom. The molecule has 1 fully saturated rings. The van der Waals surface area contributed by atoms with Crippen LogP contribution in [0.2, 0.25) is 0 Å². The monoisotopic (exact) mass is 241 g/mol. The molecule has 6 heteroatoms. The summed E-state index contributed by atoms with van der Waals surface area (Å²) in [7, 11) is 0. The fraction of sp³-hybridized carbons (Fsp3) is 0.500. The van der Waals surface area contributed by atoms with Crippen LogP contribution < -0.4 is 5.56 Å². The van der Waals surface area contributed by atoms with Crippen LogP contribution in [0.25, 0.3) is 0 Å². The number of carbonyl (C=O) groups is 1. The lowest BCUT2D eigenvalue weighted by molar-refractivity contribution is 0.0719. The number of aromatic amines is 1. The largest absolute Gasteiger partial charge is 0.336 e. The Kier molecular flexibility index (Phi) is 3.24. The van der Waals surface area contributed by atoms with Crippen LogP contribution in [0.15, 0.2) is 16.9 Å². The smallest absolute Gasteiger partial charge is 0.274 e. The van der Waals surface area contributed by atoms with Crippen molar-refractivity contribution < 1.29 is 4.79 Å². The molecule has 0 aliphatic carbocycles. The van der Waals surface area contributed by atoms with E-state index in [9.17, 15) is 9.59 Å². The van der Waals surface area contributed by atoms with E-state index in [2.05, 4.69) is 10.2 Å². The number of alkyl halides is 1. The van der Waals surface area contributed by atoms with Crippen molar-refractivity contribution in [1.82, 2.24) is 15.1 Å². The zero-order valence-electron chi connectivity index (χ0n) is 8.65. The molecule has 1 aromatic rings. The molecule has 2 rings (SSSR count). The number of amides is 1. The number of piperidine rings is 1. The van der Waals surface area contributed by atoms with Crippen molar-refractivity contribution in [2.45, 2.75) is 18.2 Å². The number of hydrogen-bond acceptors (Lipinski definition) is 3. The van der Waals surface area contributed by atoms with Gasteiger partial charge in [0.1, 0.15) is 5.69 Å². The summed E-state index contributed by atoms with van der Waals surface area (Å²) in [5, 5.41) is 5.97. The number of likely N-dealkylation sites (tertiary alicyclic amines) is 1. The highest BCUT2D eigenvalue weighted by Gasteiger charge is 2.23. The first kappa shape index (κ1) is 11.1. The molecule has 1 N–H and O–H groups in total. The molecule has 16 heavy (non-hydrogen) atoms. The second kappa shape index (κ2) is 4.65. The topological polar surface area (TPSA) is 66.1 Å². The molecule has 1 aliphatic heterocycles.